The van der Waals surface area contributed by atoms with Crippen LogP contribution >= 0.6 is 22.9 Å². The van der Waals surface area contributed by atoms with E-state index in [4.69, 9.17) is 26.2 Å². The normalized spacial score (nSPS) is 19.6. The lowest BCUT2D eigenvalue weighted by atomic mass is 9.82. The minimum atomic E-state index is -4.39. The summed E-state index contributed by atoms with van der Waals surface area (Å²) in [5.74, 6) is -0.448. The number of piperidine rings is 1. The molecule has 2 fully saturated rings. The predicted octanol–water partition coefficient (Wildman–Crippen LogP) is 6.51. The first-order valence-electron chi connectivity index (χ1n) is 13.7. The smallest absolute Gasteiger partial charge is 0.416 e. The fourth-order valence-electron chi connectivity index (χ4n) is 6.14. The molecule has 2 saturated heterocycles. The number of rotatable bonds is 10. The third kappa shape index (κ3) is 6.74. The molecular formula is C29H33ClF3N3O4S. The van der Waals surface area contributed by atoms with Gasteiger partial charge in [-0.05, 0) is 74.5 Å². The number of hydrogen-bond donors (Lipinski definition) is 1. The highest BCUT2D eigenvalue weighted by Crippen LogP contribution is 2.41. The van der Waals surface area contributed by atoms with Crippen molar-refractivity contribution >= 4 is 44.3 Å². The van der Waals surface area contributed by atoms with Crippen LogP contribution in [0.5, 0.6) is 5.75 Å². The van der Waals surface area contributed by atoms with E-state index in [0.717, 1.165) is 62.9 Å². The predicted molar refractivity (Wildman–Crippen MR) is 153 cm³/mol. The van der Waals surface area contributed by atoms with Gasteiger partial charge in [-0.3, -0.25) is 9.69 Å². The van der Waals surface area contributed by atoms with Crippen LogP contribution in [0.2, 0.25) is 5.02 Å². The average Bonchev–Trinajstić information content (AvgIpc) is 3.57. The molecule has 0 radical (unpaired) electrons. The van der Waals surface area contributed by atoms with Crippen LogP contribution in [0.4, 0.5) is 18.3 Å². The second-order valence-electron chi connectivity index (χ2n) is 10.8. The van der Waals surface area contributed by atoms with Gasteiger partial charge in [0, 0.05) is 31.8 Å². The SMILES string of the molecule is COC[C@@H]1CCCN1C1(CCOc2cc(CC(=O)O)ccc2Cl)CCN(c2nc3ccc(C(F)(F)F)cc3s2)CC1. The van der Waals surface area contributed by atoms with Crippen molar-refractivity contribution in [3.63, 3.8) is 0 Å². The fourth-order valence-corrected chi connectivity index (χ4v) is 7.37. The summed E-state index contributed by atoms with van der Waals surface area (Å²) >= 11 is 7.66. The number of thiazole rings is 1. The van der Waals surface area contributed by atoms with Gasteiger partial charge < -0.3 is 19.5 Å². The van der Waals surface area contributed by atoms with Gasteiger partial charge in [0.15, 0.2) is 5.13 Å². The Kier molecular flexibility index (Phi) is 8.98. The quantitative estimate of drug-likeness (QED) is 0.280. The second-order valence-corrected chi connectivity index (χ2v) is 12.2. The lowest BCUT2D eigenvalue weighted by Crippen LogP contribution is -2.58. The third-order valence-corrected chi connectivity index (χ3v) is 9.58. The highest BCUT2D eigenvalue weighted by Gasteiger charge is 2.45. The maximum atomic E-state index is 13.2. The Hall–Kier alpha value is -2.60. The summed E-state index contributed by atoms with van der Waals surface area (Å²) in [6.07, 6.45) is 0.0748. The summed E-state index contributed by atoms with van der Waals surface area (Å²) < 4.78 is 51.9. The van der Waals surface area contributed by atoms with Crippen LogP contribution in [-0.4, -0.2) is 72.5 Å². The van der Waals surface area contributed by atoms with Crippen LogP contribution in [0.15, 0.2) is 36.4 Å². The van der Waals surface area contributed by atoms with E-state index in [-0.39, 0.29) is 12.0 Å². The van der Waals surface area contributed by atoms with Gasteiger partial charge >= 0.3 is 12.1 Å². The van der Waals surface area contributed by atoms with Crippen molar-refractivity contribution in [2.75, 3.05) is 44.9 Å². The molecule has 3 aromatic rings. The van der Waals surface area contributed by atoms with Crippen LogP contribution < -0.4 is 9.64 Å². The van der Waals surface area contributed by atoms with E-state index in [0.29, 0.717) is 45.8 Å². The molecule has 2 aliphatic heterocycles. The summed E-state index contributed by atoms with van der Waals surface area (Å²) in [5.41, 5.74) is 0.383. The van der Waals surface area contributed by atoms with Gasteiger partial charge in [-0.2, -0.15) is 13.2 Å². The van der Waals surface area contributed by atoms with E-state index in [2.05, 4.69) is 14.8 Å². The topological polar surface area (TPSA) is 75.1 Å². The molecule has 3 heterocycles. The number of likely N-dealkylation sites (tertiary alicyclic amines) is 1. The molecular weight excluding hydrogens is 579 g/mol. The minimum absolute atomic E-state index is 0.108. The number of halogens is 4. The fraction of sp³-hybridized carbons (Fsp3) is 0.517. The molecule has 7 nitrogen and oxygen atoms in total. The number of ether oxygens (including phenoxy) is 2. The lowest BCUT2D eigenvalue weighted by Gasteiger charge is -2.49. The van der Waals surface area contributed by atoms with Crippen molar-refractivity contribution in [2.24, 2.45) is 0 Å². The number of carboxylic acid groups (broad SMARTS) is 1. The zero-order valence-electron chi connectivity index (χ0n) is 22.8. The molecule has 2 aliphatic rings. The molecule has 2 aromatic carbocycles. The Labute approximate surface area is 245 Å². The molecule has 0 spiro atoms. The van der Waals surface area contributed by atoms with E-state index in [1.807, 2.05) is 0 Å². The molecule has 0 amide bonds. The van der Waals surface area contributed by atoms with Crippen molar-refractivity contribution in [3.8, 4) is 5.75 Å². The van der Waals surface area contributed by atoms with Gasteiger partial charge in [0.2, 0.25) is 0 Å². The average molecular weight is 612 g/mol. The van der Waals surface area contributed by atoms with E-state index in [1.54, 1.807) is 25.3 Å². The van der Waals surface area contributed by atoms with E-state index >= 15 is 0 Å². The number of carbonyl (C=O) groups is 1. The first kappa shape index (κ1) is 29.9. The van der Waals surface area contributed by atoms with Crippen molar-refractivity contribution in [1.82, 2.24) is 9.88 Å². The molecule has 222 valence electrons. The minimum Gasteiger partial charge on any atom is -0.492 e. The molecule has 41 heavy (non-hydrogen) atoms. The summed E-state index contributed by atoms with van der Waals surface area (Å²) in [6, 6.07) is 9.04. The van der Waals surface area contributed by atoms with E-state index in [1.165, 1.54) is 23.5 Å². The number of anilines is 1. The number of methoxy groups -OCH3 is 1. The summed E-state index contributed by atoms with van der Waals surface area (Å²) in [6.45, 7) is 3.46. The third-order valence-electron chi connectivity index (χ3n) is 8.19. The van der Waals surface area contributed by atoms with Gasteiger partial charge in [-0.15, -0.1) is 0 Å². The molecule has 0 unspecified atom stereocenters. The number of hydrogen-bond acceptors (Lipinski definition) is 7. The summed E-state index contributed by atoms with van der Waals surface area (Å²) in [5, 5.41) is 10.3. The van der Waals surface area contributed by atoms with Crippen LogP contribution in [-0.2, 0) is 22.1 Å². The molecule has 5 rings (SSSR count). The summed E-state index contributed by atoms with van der Waals surface area (Å²) in [4.78, 5) is 20.5. The van der Waals surface area contributed by atoms with Gasteiger partial charge in [0.25, 0.3) is 0 Å². The zero-order chi connectivity index (χ0) is 29.2. The summed E-state index contributed by atoms with van der Waals surface area (Å²) in [7, 11) is 1.72. The number of nitrogens with zero attached hydrogens (tertiary/aromatic N) is 3. The van der Waals surface area contributed by atoms with Crippen molar-refractivity contribution in [1.29, 1.82) is 0 Å². The number of aliphatic carboxylic acids is 1. The monoisotopic (exact) mass is 611 g/mol. The Bertz CT molecular complexity index is 1380. The number of alkyl halides is 3. The Morgan fingerprint density at radius 1 is 1.20 bits per heavy atom. The molecule has 0 bridgehead atoms. The highest BCUT2D eigenvalue weighted by molar-refractivity contribution is 7.22. The van der Waals surface area contributed by atoms with Crippen molar-refractivity contribution in [2.45, 2.75) is 56.3 Å². The molecule has 0 aliphatic carbocycles. The lowest BCUT2D eigenvalue weighted by molar-refractivity contribution is -0.138. The number of carboxylic acids is 1. The number of benzene rings is 2. The molecule has 1 aromatic heterocycles. The van der Waals surface area contributed by atoms with Gasteiger partial charge in [0.05, 0.1) is 40.4 Å². The first-order chi connectivity index (χ1) is 19.6. The van der Waals surface area contributed by atoms with E-state index < -0.39 is 17.7 Å². The molecule has 1 atom stereocenters. The Morgan fingerprint density at radius 3 is 2.68 bits per heavy atom. The van der Waals surface area contributed by atoms with Crippen LogP contribution in [0.25, 0.3) is 10.2 Å². The Morgan fingerprint density at radius 2 is 1.98 bits per heavy atom. The van der Waals surface area contributed by atoms with Crippen LogP contribution in [0.1, 0.15) is 43.2 Å². The van der Waals surface area contributed by atoms with Crippen LogP contribution in [0, 0.1) is 0 Å². The second kappa shape index (κ2) is 12.3. The standard InChI is InChI=1S/C29H33ClF3N3O4S/c1-39-18-21-3-2-11-36(21)28(10-14-40-24-15-19(16-26(37)38)4-6-22(24)30)8-12-35(13-9-28)27-34-23-7-5-20(29(31,32)33)17-25(23)41-27/h4-7,15,17,21H,2-3,8-14,16,18H2,1H3,(H,37,38)/t21-/m0/s1. The largest absolute Gasteiger partial charge is 0.492 e. The van der Waals surface area contributed by atoms with Gasteiger partial charge in [0.1, 0.15) is 5.75 Å². The first-order valence-corrected chi connectivity index (χ1v) is 14.9. The molecule has 1 N–H and O–H groups in total. The highest BCUT2D eigenvalue weighted by atomic mass is 35.5. The Balaban J connectivity index is 1.32. The number of fused-ring (bicyclic) bond motifs is 1. The maximum absolute atomic E-state index is 13.2. The van der Waals surface area contributed by atoms with Crippen LogP contribution in [0.3, 0.4) is 0 Å². The van der Waals surface area contributed by atoms with Crippen molar-refractivity contribution < 1.29 is 32.5 Å². The van der Waals surface area contributed by atoms with Gasteiger partial charge in [-0.25, -0.2) is 4.98 Å². The maximum Gasteiger partial charge on any atom is 0.416 e. The molecule has 0 saturated carbocycles. The molecule has 12 heteroatoms. The van der Waals surface area contributed by atoms with Crippen molar-refractivity contribution in [3.05, 3.63) is 52.5 Å². The van der Waals surface area contributed by atoms with E-state index in [9.17, 15) is 18.0 Å². The zero-order valence-corrected chi connectivity index (χ0v) is 24.3. The number of aromatic nitrogens is 1. The van der Waals surface area contributed by atoms with Gasteiger partial charge in [-0.1, -0.05) is 29.0 Å².